The van der Waals surface area contributed by atoms with Gasteiger partial charge in [-0.25, -0.2) is 15.0 Å². The smallest absolute Gasteiger partial charge is 0.212 e. The van der Waals surface area contributed by atoms with Gasteiger partial charge in [-0.1, -0.05) is 6.07 Å². The van der Waals surface area contributed by atoms with Crippen molar-refractivity contribution in [3.63, 3.8) is 0 Å². The Labute approximate surface area is 169 Å². The van der Waals surface area contributed by atoms with Crippen LogP contribution in [0.4, 0.5) is 5.82 Å². The highest BCUT2D eigenvalue weighted by atomic mass is 16.5. The number of benzene rings is 1. The third-order valence-corrected chi connectivity index (χ3v) is 5.28. The number of nitrogens with zero attached hydrogens (tertiary/aromatic N) is 5. The van der Waals surface area contributed by atoms with Gasteiger partial charge in [0.25, 0.3) is 0 Å². The molecule has 6 heteroatoms. The first-order chi connectivity index (χ1) is 14.3. The molecule has 144 valence electrons. The topological polar surface area (TPSA) is 64.0 Å². The van der Waals surface area contributed by atoms with Crippen LogP contribution >= 0.6 is 0 Å². The van der Waals surface area contributed by atoms with Crippen LogP contribution in [0.15, 0.2) is 61.1 Å². The van der Waals surface area contributed by atoms with E-state index in [0.29, 0.717) is 11.7 Å². The van der Waals surface area contributed by atoms with Crippen LogP contribution in [0.2, 0.25) is 0 Å². The standard InChI is InChI=1S/C23H21N5O/c1-29-21-9-7-17(15-25-21)16-6-8-20-19(13-16)23(28-11-2-3-12-28)27-22(26-20)18-5-4-10-24-14-18/h4-10,13-15H,2-3,11-12H2,1H3. The first kappa shape index (κ1) is 17.6. The minimum atomic E-state index is 0.608. The fourth-order valence-corrected chi connectivity index (χ4v) is 3.76. The minimum absolute atomic E-state index is 0.608. The number of aromatic nitrogens is 4. The van der Waals surface area contributed by atoms with Crippen LogP contribution in [-0.2, 0) is 0 Å². The number of ether oxygens (including phenoxy) is 1. The van der Waals surface area contributed by atoms with Gasteiger partial charge in [-0.15, -0.1) is 0 Å². The molecule has 0 aliphatic carbocycles. The highest BCUT2D eigenvalue weighted by Crippen LogP contribution is 2.32. The summed E-state index contributed by atoms with van der Waals surface area (Å²) in [6, 6.07) is 14.1. The van der Waals surface area contributed by atoms with E-state index in [1.54, 1.807) is 13.3 Å². The molecule has 3 aromatic heterocycles. The van der Waals surface area contributed by atoms with Gasteiger partial charge in [-0.2, -0.15) is 0 Å². The van der Waals surface area contributed by atoms with Crippen molar-refractivity contribution in [2.75, 3.05) is 25.1 Å². The van der Waals surface area contributed by atoms with Crippen molar-refractivity contribution in [2.45, 2.75) is 12.8 Å². The fraction of sp³-hybridized carbons (Fsp3) is 0.217. The number of fused-ring (bicyclic) bond motifs is 1. The number of anilines is 1. The zero-order valence-corrected chi connectivity index (χ0v) is 16.2. The van der Waals surface area contributed by atoms with Crippen LogP contribution < -0.4 is 9.64 Å². The highest BCUT2D eigenvalue weighted by Gasteiger charge is 2.19. The van der Waals surface area contributed by atoms with E-state index in [-0.39, 0.29) is 0 Å². The van der Waals surface area contributed by atoms with Crippen molar-refractivity contribution in [2.24, 2.45) is 0 Å². The quantitative estimate of drug-likeness (QED) is 0.522. The Balaban J connectivity index is 1.66. The molecule has 0 radical (unpaired) electrons. The van der Waals surface area contributed by atoms with Gasteiger partial charge in [0.1, 0.15) is 5.82 Å². The molecule has 0 N–H and O–H groups in total. The van der Waals surface area contributed by atoms with E-state index in [1.807, 2.05) is 36.7 Å². The lowest BCUT2D eigenvalue weighted by atomic mass is 10.0. The molecule has 1 fully saturated rings. The van der Waals surface area contributed by atoms with Crippen LogP contribution in [0.1, 0.15) is 12.8 Å². The van der Waals surface area contributed by atoms with Crippen molar-refractivity contribution in [1.82, 2.24) is 19.9 Å². The first-order valence-electron chi connectivity index (χ1n) is 9.79. The SMILES string of the molecule is COc1ccc(-c2ccc3nc(-c4cccnc4)nc(N4CCCC4)c3c2)cn1. The van der Waals surface area contributed by atoms with E-state index in [9.17, 15) is 0 Å². The van der Waals surface area contributed by atoms with Gasteiger partial charge in [0.15, 0.2) is 5.82 Å². The molecule has 5 rings (SSSR count). The maximum absolute atomic E-state index is 5.17. The maximum atomic E-state index is 5.17. The zero-order chi connectivity index (χ0) is 19.6. The molecule has 0 spiro atoms. The Morgan fingerprint density at radius 3 is 2.48 bits per heavy atom. The molecule has 1 aromatic carbocycles. The Bertz CT molecular complexity index is 1140. The molecule has 0 unspecified atom stereocenters. The molecule has 1 saturated heterocycles. The van der Waals surface area contributed by atoms with E-state index in [2.05, 4.69) is 33.1 Å². The predicted octanol–water partition coefficient (Wildman–Crippen LogP) is 4.36. The van der Waals surface area contributed by atoms with Crippen molar-refractivity contribution < 1.29 is 4.74 Å². The Morgan fingerprint density at radius 2 is 1.76 bits per heavy atom. The molecule has 6 nitrogen and oxygen atoms in total. The monoisotopic (exact) mass is 383 g/mol. The Hall–Kier alpha value is -3.54. The summed E-state index contributed by atoms with van der Waals surface area (Å²) in [5, 5.41) is 1.06. The summed E-state index contributed by atoms with van der Waals surface area (Å²) in [6.07, 6.45) is 7.79. The molecular formula is C23H21N5O. The van der Waals surface area contributed by atoms with Gasteiger partial charge in [-0.3, -0.25) is 4.98 Å². The molecule has 0 saturated carbocycles. The van der Waals surface area contributed by atoms with Crippen molar-refractivity contribution in [1.29, 1.82) is 0 Å². The second-order valence-corrected chi connectivity index (χ2v) is 7.13. The zero-order valence-electron chi connectivity index (χ0n) is 16.2. The minimum Gasteiger partial charge on any atom is -0.481 e. The summed E-state index contributed by atoms with van der Waals surface area (Å²) in [6.45, 7) is 2.04. The summed E-state index contributed by atoms with van der Waals surface area (Å²) in [4.78, 5) is 20.7. The third-order valence-electron chi connectivity index (χ3n) is 5.28. The second-order valence-electron chi connectivity index (χ2n) is 7.13. The van der Waals surface area contributed by atoms with E-state index < -0.39 is 0 Å². The van der Waals surface area contributed by atoms with Gasteiger partial charge in [0, 0.05) is 54.3 Å². The number of hydrogen-bond donors (Lipinski definition) is 0. The van der Waals surface area contributed by atoms with Crippen molar-refractivity contribution >= 4 is 16.7 Å². The average Bonchev–Trinajstić information content (AvgIpc) is 3.33. The largest absolute Gasteiger partial charge is 0.481 e. The van der Waals surface area contributed by atoms with Crippen molar-refractivity contribution in [3.05, 3.63) is 61.1 Å². The van der Waals surface area contributed by atoms with Crippen LogP contribution in [-0.4, -0.2) is 40.1 Å². The number of rotatable bonds is 4. The molecule has 4 aromatic rings. The van der Waals surface area contributed by atoms with Crippen LogP contribution in [0, 0.1) is 0 Å². The van der Waals surface area contributed by atoms with Crippen molar-refractivity contribution in [3.8, 4) is 28.4 Å². The summed E-state index contributed by atoms with van der Waals surface area (Å²) >= 11 is 0. The Kier molecular flexibility index (Phi) is 4.52. The second kappa shape index (κ2) is 7.47. The number of pyridine rings is 2. The van der Waals surface area contributed by atoms with E-state index >= 15 is 0 Å². The molecule has 0 amide bonds. The first-order valence-corrected chi connectivity index (χ1v) is 9.79. The lowest BCUT2D eigenvalue weighted by molar-refractivity contribution is 0.398. The van der Waals surface area contributed by atoms with E-state index in [0.717, 1.165) is 46.5 Å². The molecule has 0 atom stereocenters. The molecule has 1 aliphatic rings. The fourth-order valence-electron chi connectivity index (χ4n) is 3.76. The predicted molar refractivity (Wildman–Crippen MR) is 114 cm³/mol. The highest BCUT2D eigenvalue weighted by molar-refractivity contribution is 5.94. The summed E-state index contributed by atoms with van der Waals surface area (Å²) in [7, 11) is 1.62. The molecule has 4 heterocycles. The van der Waals surface area contributed by atoms with Gasteiger partial charge >= 0.3 is 0 Å². The van der Waals surface area contributed by atoms with Gasteiger partial charge in [0.2, 0.25) is 5.88 Å². The average molecular weight is 383 g/mol. The molecule has 0 bridgehead atoms. The Morgan fingerprint density at radius 1 is 0.897 bits per heavy atom. The van der Waals surface area contributed by atoms with Gasteiger partial charge < -0.3 is 9.64 Å². The summed E-state index contributed by atoms with van der Waals surface area (Å²) in [5.41, 5.74) is 3.99. The lowest BCUT2D eigenvalue weighted by Gasteiger charge is -2.20. The van der Waals surface area contributed by atoms with Crippen LogP contribution in [0.3, 0.4) is 0 Å². The van der Waals surface area contributed by atoms with Crippen LogP contribution in [0.5, 0.6) is 5.88 Å². The molecular weight excluding hydrogens is 362 g/mol. The number of hydrogen-bond acceptors (Lipinski definition) is 6. The maximum Gasteiger partial charge on any atom is 0.212 e. The van der Waals surface area contributed by atoms with E-state index in [1.165, 1.54) is 12.8 Å². The normalized spacial score (nSPS) is 13.8. The molecule has 29 heavy (non-hydrogen) atoms. The molecule has 1 aliphatic heterocycles. The van der Waals surface area contributed by atoms with Gasteiger partial charge in [-0.05, 0) is 48.7 Å². The summed E-state index contributed by atoms with van der Waals surface area (Å²) in [5.74, 6) is 2.32. The summed E-state index contributed by atoms with van der Waals surface area (Å²) < 4.78 is 5.17. The van der Waals surface area contributed by atoms with E-state index in [4.69, 9.17) is 14.7 Å². The van der Waals surface area contributed by atoms with Gasteiger partial charge in [0.05, 0.1) is 12.6 Å². The third kappa shape index (κ3) is 3.38. The lowest BCUT2D eigenvalue weighted by Crippen LogP contribution is -2.20. The number of methoxy groups -OCH3 is 1. The van der Waals surface area contributed by atoms with Crippen LogP contribution in [0.25, 0.3) is 33.4 Å².